The summed E-state index contributed by atoms with van der Waals surface area (Å²) in [5.41, 5.74) is 3.91. The molecule has 0 bridgehead atoms. The highest BCUT2D eigenvalue weighted by Crippen LogP contribution is 2.41. The maximum atomic E-state index is 13.9. The van der Waals surface area contributed by atoms with E-state index in [0.29, 0.717) is 32.5 Å². The van der Waals surface area contributed by atoms with Crippen LogP contribution < -0.4 is 14.4 Å². The fourth-order valence-corrected chi connectivity index (χ4v) is 6.33. The number of fused-ring (bicyclic) bond motifs is 1. The molecule has 3 heterocycles. The first kappa shape index (κ1) is 28.6. The van der Waals surface area contributed by atoms with Crippen LogP contribution in [-0.4, -0.2) is 66.3 Å². The largest absolute Gasteiger partial charge is 0.496 e. The van der Waals surface area contributed by atoms with Crippen molar-refractivity contribution in [3.05, 3.63) is 83.7 Å². The summed E-state index contributed by atoms with van der Waals surface area (Å²) in [6, 6.07) is 17.3. The monoisotopic (exact) mass is 557 g/mol. The smallest absolute Gasteiger partial charge is 0.308 e. The van der Waals surface area contributed by atoms with Crippen molar-refractivity contribution >= 4 is 17.6 Å². The number of amides is 1. The number of aromatic nitrogens is 1. The van der Waals surface area contributed by atoms with Crippen molar-refractivity contribution in [2.24, 2.45) is 5.92 Å². The summed E-state index contributed by atoms with van der Waals surface area (Å²) in [6.45, 7) is 3.98. The molecule has 0 saturated carbocycles. The zero-order valence-electron chi connectivity index (χ0n) is 23.9. The predicted molar refractivity (Wildman–Crippen MR) is 158 cm³/mol. The molecule has 1 saturated heterocycles. The van der Waals surface area contributed by atoms with Crippen molar-refractivity contribution < 1.29 is 24.2 Å². The third-order valence-corrected chi connectivity index (χ3v) is 8.41. The number of hydrogen-bond acceptors (Lipinski definition) is 6. The number of rotatable bonds is 12. The number of para-hydroxylation sites is 1. The van der Waals surface area contributed by atoms with Crippen LogP contribution in [0.15, 0.2) is 67.0 Å². The number of methoxy groups -OCH3 is 1. The van der Waals surface area contributed by atoms with Gasteiger partial charge in [0.05, 0.1) is 38.1 Å². The van der Waals surface area contributed by atoms with Gasteiger partial charge in [-0.2, -0.15) is 0 Å². The molecular formula is C33H39N3O5. The van der Waals surface area contributed by atoms with Crippen LogP contribution >= 0.6 is 0 Å². The lowest BCUT2D eigenvalue weighted by atomic mass is 9.83. The van der Waals surface area contributed by atoms with Gasteiger partial charge in [-0.25, -0.2) is 0 Å². The summed E-state index contributed by atoms with van der Waals surface area (Å²) in [6.07, 6.45) is 7.31. The molecule has 8 heteroatoms. The van der Waals surface area contributed by atoms with Crippen LogP contribution in [0.1, 0.15) is 48.8 Å². The third kappa shape index (κ3) is 6.38. The lowest BCUT2D eigenvalue weighted by molar-refractivity contribution is -0.143. The van der Waals surface area contributed by atoms with Crippen molar-refractivity contribution in [3.8, 4) is 11.5 Å². The summed E-state index contributed by atoms with van der Waals surface area (Å²) in [4.78, 5) is 34.9. The number of carboxylic acids is 1. The molecule has 1 aromatic heterocycles. The van der Waals surface area contributed by atoms with Gasteiger partial charge in [-0.3, -0.25) is 19.5 Å². The number of anilines is 1. The fraction of sp³-hybridized carbons (Fsp3) is 0.424. The lowest BCUT2D eigenvalue weighted by Crippen LogP contribution is -2.44. The number of carbonyl (C=O) groups is 2. The van der Waals surface area contributed by atoms with Crippen LogP contribution in [0.5, 0.6) is 11.5 Å². The van der Waals surface area contributed by atoms with Crippen LogP contribution in [0.25, 0.3) is 0 Å². The number of aryl methyl sites for hydroxylation is 1. The van der Waals surface area contributed by atoms with Crippen molar-refractivity contribution in [2.45, 2.75) is 51.0 Å². The molecule has 41 heavy (non-hydrogen) atoms. The third-order valence-electron chi connectivity index (χ3n) is 8.41. The summed E-state index contributed by atoms with van der Waals surface area (Å²) >= 11 is 0. The Bertz CT molecular complexity index is 1350. The van der Waals surface area contributed by atoms with E-state index in [1.54, 1.807) is 24.4 Å². The van der Waals surface area contributed by atoms with E-state index >= 15 is 0 Å². The molecule has 2 aromatic carbocycles. The normalized spacial score (nSPS) is 19.9. The van der Waals surface area contributed by atoms with Crippen molar-refractivity contribution in [1.29, 1.82) is 0 Å². The number of carboxylic acid groups (broad SMARTS) is 1. The summed E-state index contributed by atoms with van der Waals surface area (Å²) in [5.74, 6) is -0.0988. The van der Waals surface area contributed by atoms with E-state index in [-0.39, 0.29) is 24.4 Å². The number of benzene rings is 2. The van der Waals surface area contributed by atoms with Gasteiger partial charge in [0.15, 0.2) is 0 Å². The molecule has 1 N–H and O–H groups in total. The number of likely N-dealkylation sites (tertiary alicyclic amines) is 1. The highest BCUT2D eigenvalue weighted by atomic mass is 16.5. The van der Waals surface area contributed by atoms with Crippen LogP contribution in [-0.2, 0) is 22.4 Å². The van der Waals surface area contributed by atoms with Crippen molar-refractivity contribution in [1.82, 2.24) is 9.88 Å². The van der Waals surface area contributed by atoms with Crippen molar-refractivity contribution in [3.63, 3.8) is 0 Å². The second kappa shape index (κ2) is 13.2. The number of aliphatic carboxylic acids is 1. The Labute approximate surface area is 241 Å². The molecule has 5 rings (SSSR count). The molecule has 0 radical (unpaired) electrons. The Morgan fingerprint density at radius 2 is 2.02 bits per heavy atom. The fourth-order valence-electron chi connectivity index (χ4n) is 6.33. The number of nitrogens with zero attached hydrogens (tertiary/aromatic N) is 3. The first-order valence-electron chi connectivity index (χ1n) is 14.5. The topological polar surface area (TPSA) is 92.2 Å². The maximum Gasteiger partial charge on any atom is 0.308 e. The standard InChI is InChI=1S/C33H39N3O5/c1-3-4-17-36(26-9-7-16-34-20-26)31(37)22-35-21-27(24-12-14-30-25(19-24)15-18-41-30)32(33(38)39)28(35)13-11-23-8-5-6-10-29(23)40-2/h5-10,12,14,16,19-20,27-28,32H,3-4,11,13,15,17-18,21-22H2,1-2H3,(H,38,39)/t27-,28+,32?/m1/s1. The molecule has 2 aliphatic heterocycles. The van der Waals surface area contributed by atoms with Gasteiger partial charge in [-0.1, -0.05) is 43.7 Å². The number of pyridine rings is 1. The Morgan fingerprint density at radius 1 is 1.17 bits per heavy atom. The van der Waals surface area contributed by atoms with Gasteiger partial charge >= 0.3 is 5.97 Å². The SMILES string of the molecule is CCCCN(C(=O)CN1C[C@H](c2ccc3c(c2)CCO3)C(C(=O)O)[C@@H]1CCc1ccccc1OC)c1cccnc1. The van der Waals surface area contributed by atoms with E-state index in [1.807, 2.05) is 48.5 Å². The molecule has 3 aromatic rings. The summed E-state index contributed by atoms with van der Waals surface area (Å²) < 4.78 is 11.3. The second-order valence-corrected chi connectivity index (χ2v) is 10.9. The second-order valence-electron chi connectivity index (χ2n) is 10.9. The van der Waals surface area contributed by atoms with E-state index in [1.165, 1.54) is 0 Å². The van der Waals surface area contributed by atoms with Crippen LogP contribution in [0.2, 0.25) is 0 Å². The maximum absolute atomic E-state index is 13.9. The predicted octanol–water partition coefficient (Wildman–Crippen LogP) is 4.96. The van der Waals surface area contributed by atoms with E-state index < -0.39 is 11.9 Å². The van der Waals surface area contributed by atoms with Gasteiger partial charge in [-0.15, -0.1) is 0 Å². The van der Waals surface area contributed by atoms with Crippen LogP contribution in [0.4, 0.5) is 5.69 Å². The van der Waals surface area contributed by atoms with E-state index in [0.717, 1.165) is 53.1 Å². The Morgan fingerprint density at radius 3 is 2.78 bits per heavy atom. The van der Waals surface area contributed by atoms with Crippen molar-refractivity contribution in [2.75, 3.05) is 38.3 Å². The molecule has 0 aliphatic carbocycles. The minimum absolute atomic E-state index is 0.0408. The zero-order valence-corrected chi connectivity index (χ0v) is 23.9. The van der Waals surface area contributed by atoms with E-state index in [4.69, 9.17) is 9.47 Å². The molecule has 3 atom stereocenters. The van der Waals surface area contributed by atoms with Gasteiger partial charge in [0, 0.05) is 37.7 Å². The highest BCUT2D eigenvalue weighted by Gasteiger charge is 2.47. The van der Waals surface area contributed by atoms with Gasteiger partial charge in [0.25, 0.3) is 0 Å². The van der Waals surface area contributed by atoms with E-state index in [9.17, 15) is 14.7 Å². The quantitative estimate of drug-likeness (QED) is 0.337. The van der Waals surface area contributed by atoms with Crippen LogP contribution in [0.3, 0.4) is 0 Å². The minimum atomic E-state index is -0.832. The average molecular weight is 558 g/mol. The Hall–Kier alpha value is -3.91. The first-order chi connectivity index (χ1) is 20.0. The number of ether oxygens (including phenoxy) is 2. The summed E-state index contributed by atoms with van der Waals surface area (Å²) in [7, 11) is 1.65. The molecule has 0 spiro atoms. The average Bonchev–Trinajstić information content (AvgIpc) is 3.61. The van der Waals surface area contributed by atoms with Crippen LogP contribution in [0, 0.1) is 5.92 Å². The molecule has 8 nitrogen and oxygen atoms in total. The molecule has 1 amide bonds. The van der Waals surface area contributed by atoms with Gasteiger partial charge in [0.2, 0.25) is 5.91 Å². The minimum Gasteiger partial charge on any atom is -0.496 e. The van der Waals surface area contributed by atoms with Gasteiger partial charge < -0.3 is 19.5 Å². The molecule has 2 aliphatic rings. The molecule has 1 fully saturated rings. The highest BCUT2D eigenvalue weighted by molar-refractivity contribution is 5.94. The van der Waals surface area contributed by atoms with Gasteiger partial charge in [0.1, 0.15) is 11.5 Å². The Balaban J connectivity index is 1.45. The van der Waals surface area contributed by atoms with Gasteiger partial charge in [-0.05, 0) is 60.2 Å². The zero-order chi connectivity index (χ0) is 28.8. The number of unbranched alkanes of at least 4 members (excludes halogenated alkanes) is 1. The lowest BCUT2D eigenvalue weighted by Gasteiger charge is -2.30. The molecule has 1 unspecified atom stereocenters. The molecular weight excluding hydrogens is 518 g/mol. The Kier molecular flexibility index (Phi) is 9.19. The number of carbonyl (C=O) groups excluding carboxylic acids is 1. The first-order valence-corrected chi connectivity index (χ1v) is 14.5. The van der Waals surface area contributed by atoms with E-state index in [2.05, 4.69) is 22.9 Å². The summed E-state index contributed by atoms with van der Waals surface area (Å²) in [5, 5.41) is 10.6. The number of hydrogen-bond donors (Lipinski definition) is 1. The molecule has 216 valence electrons.